The number of anilines is 4. The number of hydrogen-bond donors (Lipinski definition) is 2. The second-order valence-electron chi connectivity index (χ2n) is 5.22. The summed E-state index contributed by atoms with van der Waals surface area (Å²) in [7, 11) is 0. The molecule has 0 unspecified atom stereocenters. The van der Waals surface area contributed by atoms with E-state index in [0.29, 0.717) is 16.8 Å². The zero-order chi connectivity index (χ0) is 15.6. The van der Waals surface area contributed by atoms with E-state index >= 15 is 0 Å². The molecule has 0 aliphatic carbocycles. The highest BCUT2D eigenvalue weighted by Gasteiger charge is 2.07. The summed E-state index contributed by atoms with van der Waals surface area (Å²) in [4.78, 5) is 8.69. The van der Waals surface area contributed by atoms with Gasteiger partial charge in [-0.1, -0.05) is 48.0 Å². The van der Waals surface area contributed by atoms with Crippen LogP contribution in [0.5, 0.6) is 0 Å². The fourth-order valence-corrected chi connectivity index (χ4v) is 2.55. The summed E-state index contributed by atoms with van der Waals surface area (Å²) in [6, 6.07) is 16.1. The molecule has 0 saturated carbocycles. The van der Waals surface area contributed by atoms with Crippen molar-refractivity contribution in [3.8, 4) is 0 Å². The van der Waals surface area contributed by atoms with Crippen LogP contribution in [-0.4, -0.2) is 9.97 Å². The first-order chi connectivity index (χ1) is 11.3. The van der Waals surface area contributed by atoms with Crippen molar-refractivity contribution in [1.29, 1.82) is 0 Å². The third-order valence-corrected chi connectivity index (χ3v) is 3.78. The minimum Gasteiger partial charge on any atom is -0.339 e. The molecule has 23 heavy (non-hydrogen) atoms. The van der Waals surface area contributed by atoms with Crippen LogP contribution in [0.2, 0.25) is 5.02 Å². The van der Waals surface area contributed by atoms with Gasteiger partial charge >= 0.3 is 0 Å². The molecule has 2 aromatic carbocycles. The average molecular weight is 321 g/mol. The van der Waals surface area contributed by atoms with Crippen molar-refractivity contribution in [2.24, 2.45) is 0 Å². The summed E-state index contributed by atoms with van der Waals surface area (Å²) >= 11 is 6.20. The highest BCUT2D eigenvalue weighted by atomic mass is 35.5. The monoisotopic (exact) mass is 320 g/mol. The molecule has 112 valence electrons. The molecular weight excluding hydrogens is 308 g/mol. The van der Waals surface area contributed by atoms with Crippen LogP contribution in [0.25, 0.3) is 12.2 Å². The fourth-order valence-electron chi connectivity index (χ4n) is 2.41. The van der Waals surface area contributed by atoms with Crippen molar-refractivity contribution in [2.75, 3.05) is 10.6 Å². The topological polar surface area (TPSA) is 49.8 Å². The zero-order valence-corrected chi connectivity index (χ0v) is 12.9. The van der Waals surface area contributed by atoms with Gasteiger partial charge in [0, 0.05) is 11.4 Å². The third kappa shape index (κ3) is 3.03. The maximum atomic E-state index is 6.20. The highest BCUT2D eigenvalue weighted by Crippen LogP contribution is 2.26. The first-order valence-corrected chi connectivity index (χ1v) is 7.59. The Balaban J connectivity index is 1.89. The van der Waals surface area contributed by atoms with Gasteiger partial charge < -0.3 is 10.6 Å². The van der Waals surface area contributed by atoms with Gasteiger partial charge in [0.25, 0.3) is 0 Å². The molecule has 6 bridgehead atoms. The van der Waals surface area contributed by atoms with Crippen LogP contribution in [-0.2, 0) is 0 Å². The molecule has 2 heterocycles. The standard InChI is InChI=1S/C18H13ClN4/c19-16-11-20-18-22-15-6-2-4-13(10-15)8-7-12-3-1-5-14(9-12)21-17(16)23-18/h1-11H,(H2,20,21,22,23)/b8-7-. The number of halogens is 1. The smallest absolute Gasteiger partial charge is 0.229 e. The van der Waals surface area contributed by atoms with Crippen molar-refractivity contribution < 1.29 is 0 Å². The number of rotatable bonds is 0. The number of benzene rings is 2. The number of nitrogens with zero attached hydrogens (tertiary/aromatic N) is 2. The third-order valence-electron chi connectivity index (χ3n) is 3.50. The summed E-state index contributed by atoms with van der Waals surface area (Å²) in [6.45, 7) is 0. The molecule has 1 aliphatic heterocycles. The lowest BCUT2D eigenvalue weighted by Gasteiger charge is -2.10. The molecular formula is C18H13ClN4. The first-order valence-electron chi connectivity index (χ1n) is 7.21. The molecule has 0 fully saturated rings. The average Bonchev–Trinajstić information content (AvgIpc) is 2.57. The van der Waals surface area contributed by atoms with Gasteiger partial charge in [-0.2, -0.15) is 4.98 Å². The molecule has 0 radical (unpaired) electrons. The van der Waals surface area contributed by atoms with E-state index in [-0.39, 0.29) is 0 Å². The Kier molecular flexibility index (Phi) is 3.44. The van der Waals surface area contributed by atoms with Gasteiger partial charge in [0.2, 0.25) is 5.95 Å². The highest BCUT2D eigenvalue weighted by molar-refractivity contribution is 6.32. The molecule has 1 aliphatic rings. The normalized spacial score (nSPS) is 13.6. The summed E-state index contributed by atoms with van der Waals surface area (Å²) < 4.78 is 0. The van der Waals surface area contributed by atoms with Gasteiger partial charge in [-0.15, -0.1) is 0 Å². The van der Waals surface area contributed by atoms with Gasteiger partial charge in [-0.25, -0.2) is 4.98 Å². The first kappa shape index (κ1) is 13.8. The van der Waals surface area contributed by atoms with Gasteiger partial charge in [0.15, 0.2) is 5.82 Å². The lowest BCUT2D eigenvalue weighted by Crippen LogP contribution is -2.01. The SMILES string of the molecule is Clc1cnc2nc1Nc1cccc(c1)/C=C\c1cccc(c1)N2. The Hall–Kier alpha value is -2.85. The zero-order valence-electron chi connectivity index (χ0n) is 12.1. The maximum absolute atomic E-state index is 6.20. The van der Waals surface area contributed by atoms with E-state index < -0.39 is 0 Å². The minimum atomic E-state index is 0.472. The predicted octanol–water partition coefficient (Wildman–Crippen LogP) is 5.10. The molecule has 4 nitrogen and oxygen atoms in total. The van der Waals surface area contributed by atoms with Crippen molar-refractivity contribution >= 4 is 46.9 Å². The quantitative estimate of drug-likeness (QED) is 0.473. The summed E-state index contributed by atoms with van der Waals surface area (Å²) in [5.41, 5.74) is 4.04. The van der Waals surface area contributed by atoms with E-state index in [4.69, 9.17) is 11.6 Å². The van der Waals surface area contributed by atoms with Crippen LogP contribution >= 0.6 is 11.6 Å². The van der Waals surface area contributed by atoms with Gasteiger partial charge in [-0.05, 0) is 35.4 Å². The Labute approximate surface area is 138 Å². The molecule has 4 rings (SSSR count). The predicted molar refractivity (Wildman–Crippen MR) is 95.4 cm³/mol. The second-order valence-corrected chi connectivity index (χ2v) is 5.63. The number of nitrogens with one attached hydrogen (secondary N) is 2. The molecule has 0 amide bonds. The largest absolute Gasteiger partial charge is 0.339 e. The summed E-state index contributed by atoms with van der Waals surface area (Å²) in [5.74, 6) is 1.06. The lowest BCUT2D eigenvalue weighted by molar-refractivity contribution is 1.17. The van der Waals surface area contributed by atoms with Crippen molar-refractivity contribution in [2.45, 2.75) is 0 Å². The van der Waals surface area contributed by atoms with Crippen LogP contribution in [0.1, 0.15) is 11.1 Å². The molecule has 2 N–H and O–H groups in total. The molecule has 1 aromatic heterocycles. The molecule has 5 heteroatoms. The second kappa shape index (κ2) is 5.74. The molecule has 0 spiro atoms. The number of hydrogen-bond acceptors (Lipinski definition) is 4. The summed E-state index contributed by atoms with van der Waals surface area (Å²) in [5, 5.41) is 6.92. The van der Waals surface area contributed by atoms with Crippen molar-refractivity contribution in [3.05, 3.63) is 70.9 Å². The fraction of sp³-hybridized carbons (Fsp3) is 0. The van der Waals surface area contributed by atoms with E-state index in [2.05, 4.69) is 44.9 Å². The van der Waals surface area contributed by atoms with E-state index in [1.165, 1.54) is 0 Å². The van der Waals surface area contributed by atoms with Crippen LogP contribution < -0.4 is 10.6 Å². The number of fused-ring (bicyclic) bond motifs is 6. The molecule has 3 aromatic rings. The van der Waals surface area contributed by atoms with Crippen LogP contribution in [0, 0.1) is 0 Å². The molecule has 0 atom stereocenters. The van der Waals surface area contributed by atoms with Gasteiger partial charge in [0.1, 0.15) is 5.02 Å². The van der Waals surface area contributed by atoms with Crippen LogP contribution in [0.4, 0.5) is 23.1 Å². The van der Waals surface area contributed by atoms with Crippen molar-refractivity contribution in [3.63, 3.8) is 0 Å². The van der Waals surface area contributed by atoms with Crippen LogP contribution in [0.15, 0.2) is 54.7 Å². The Morgan fingerprint density at radius 2 is 1.48 bits per heavy atom. The Bertz CT molecular complexity index is 905. The van der Waals surface area contributed by atoms with E-state index in [9.17, 15) is 0 Å². The maximum Gasteiger partial charge on any atom is 0.229 e. The van der Waals surface area contributed by atoms with E-state index in [0.717, 1.165) is 22.5 Å². The van der Waals surface area contributed by atoms with E-state index in [1.807, 2.05) is 36.4 Å². The van der Waals surface area contributed by atoms with Crippen molar-refractivity contribution in [1.82, 2.24) is 9.97 Å². The Morgan fingerprint density at radius 1 is 0.826 bits per heavy atom. The lowest BCUT2D eigenvalue weighted by atomic mass is 10.1. The van der Waals surface area contributed by atoms with Gasteiger partial charge in [0.05, 0.1) is 6.20 Å². The molecule has 0 saturated heterocycles. The van der Waals surface area contributed by atoms with Crippen LogP contribution in [0.3, 0.4) is 0 Å². The summed E-state index contributed by atoms with van der Waals surface area (Å²) in [6.07, 6.45) is 5.74. The number of aromatic nitrogens is 2. The minimum absolute atomic E-state index is 0.472. The Morgan fingerprint density at radius 3 is 2.17 bits per heavy atom. The van der Waals surface area contributed by atoms with Gasteiger partial charge in [-0.3, -0.25) is 0 Å². The van der Waals surface area contributed by atoms with E-state index in [1.54, 1.807) is 6.20 Å².